The van der Waals surface area contributed by atoms with Gasteiger partial charge in [-0.3, -0.25) is 9.50 Å². The van der Waals surface area contributed by atoms with Crippen molar-refractivity contribution in [3.8, 4) is 0 Å². The highest BCUT2D eigenvalue weighted by Crippen LogP contribution is 2.11. The zero-order chi connectivity index (χ0) is 7.97. The Morgan fingerprint density at radius 2 is 2.33 bits per heavy atom. The molecule has 0 unspecified atom stereocenters. The van der Waals surface area contributed by atoms with Crippen molar-refractivity contribution < 1.29 is 0 Å². The highest BCUT2D eigenvalue weighted by atomic mass is 15.1. The number of imidazole rings is 1. The minimum absolute atomic E-state index is 0.841. The van der Waals surface area contributed by atoms with Crippen LogP contribution in [0.25, 0.3) is 16.7 Å². The van der Waals surface area contributed by atoms with Gasteiger partial charge in [0.1, 0.15) is 17.4 Å². The fraction of sp³-hybridized carbons (Fsp3) is 0. The van der Waals surface area contributed by atoms with E-state index in [2.05, 4.69) is 20.2 Å². The first-order valence-corrected chi connectivity index (χ1v) is 3.56. The third-order valence-corrected chi connectivity index (χ3v) is 1.83. The van der Waals surface area contributed by atoms with Crippen LogP contribution < -0.4 is 0 Å². The Morgan fingerprint density at radius 1 is 1.33 bits per heavy atom. The van der Waals surface area contributed by atoms with E-state index in [0.29, 0.717) is 0 Å². The molecule has 0 aromatic carbocycles. The van der Waals surface area contributed by atoms with Crippen LogP contribution in [0.3, 0.4) is 0 Å². The smallest absolute Gasteiger partial charge is 0.165 e. The molecule has 0 spiro atoms. The fourth-order valence-corrected chi connectivity index (χ4v) is 1.27. The second-order valence-corrected chi connectivity index (χ2v) is 2.53. The Labute approximate surface area is 67.1 Å². The SMILES string of the molecule is c1cn2cnc3cn[nH]c3c2n1. The second-order valence-electron chi connectivity index (χ2n) is 2.53. The van der Waals surface area contributed by atoms with Crippen molar-refractivity contribution in [2.24, 2.45) is 0 Å². The van der Waals surface area contributed by atoms with E-state index < -0.39 is 0 Å². The van der Waals surface area contributed by atoms with Gasteiger partial charge < -0.3 is 0 Å². The van der Waals surface area contributed by atoms with Gasteiger partial charge in [0.15, 0.2) is 5.65 Å². The predicted molar refractivity (Wildman–Crippen MR) is 42.6 cm³/mol. The second kappa shape index (κ2) is 1.82. The van der Waals surface area contributed by atoms with Gasteiger partial charge in [-0.25, -0.2) is 9.97 Å². The first kappa shape index (κ1) is 5.70. The number of aromatic amines is 1. The molecule has 0 saturated carbocycles. The van der Waals surface area contributed by atoms with Gasteiger partial charge in [-0.1, -0.05) is 0 Å². The monoisotopic (exact) mass is 159 g/mol. The lowest BCUT2D eigenvalue weighted by Crippen LogP contribution is -1.86. The fourth-order valence-electron chi connectivity index (χ4n) is 1.27. The molecular formula is C7H5N5. The molecule has 0 saturated heterocycles. The van der Waals surface area contributed by atoms with Gasteiger partial charge in [0, 0.05) is 12.4 Å². The molecule has 0 aliphatic carbocycles. The summed E-state index contributed by atoms with van der Waals surface area (Å²) < 4.78 is 1.85. The maximum absolute atomic E-state index is 4.17. The van der Waals surface area contributed by atoms with Crippen LogP contribution in [-0.2, 0) is 0 Å². The van der Waals surface area contributed by atoms with E-state index in [1.54, 1.807) is 18.7 Å². The van der Waals surface area contributed by atoms with Crippen LogP contribution in [0.5, 0.6) is 0 Å². The summed E-state index contributed by atoms with van der Waals surface area (Å²) in [6.45, 7) is 0. The predicted octanol–water partition coefficient (Wildman–Crippen LogP) is 0.606. The van der Waals surface area contributed by atoms with Gasteiger partial charge in [0.05, 0.1) is 6.20 Å². The molecular weight excluding hydrogens is 154 g/mol. The lowest BCUT2D eigenvalue weighted by Gasteiger charge is -1.91. The molecule has 12 heavy (non-hydrogen) atoms. The van der Waals surface area contributed by atoms with Crippen LogP contribution in [0.2, 0.25) is 0 Å². The highest BCUT2D eigenvalue weighted by Gasteiger charge is 2.02. The first-order valence-electron chi connectivity index (χ1n) is 3.56. The minimum Gasteiger partial charge on any atom is -0.289 e. The van der Waals surface area contributed by atoms with Gasteiger partial charge in [-0.15, -0.1) is 0 Å². The molecule has 0 bridgehead atoms. The molecule has 1 N–H and O–H groups in total. The summed E-state index contributed by atoms with van der Waals surface area (Å²) in [4.78, 5) is 8.34. The summed E-state index contributed by atoms with van der Waals surface area (Å²) >= 11 is 0. The Bertz CT molecular complexity index is 485. The van der Waals surface area contributed by atoms with Gasteiger partial charge in [-0.05, 0) is 0 Å². The van der Waals surface area contributed by atoms with Crippen LogP contribution in [0, 0.1) is 0 Å². The molecule has 0 aliphatic heterocycles. The molecule has 3 rings (SSSR count). The summed E-state index contributed by atoms with van der Waals surface area (Å²) in [5.41, 5.74) is 2.58. The van der Waals surface area contributed by atoms with Crippen molar-refractivity contribution in [3.05, 3.63) is 24.9 Å². The zero-order valence-electron chi connectivity index (χ0n) is 6.10. The van der Waals surface area contributed by atoms with Gasteiger partial charge in [0.2, 0.25) is 0 Å². The number of nitrogens with zero attached hydrogens (tertiary/aromatic N) is 4. The largest absolute Gasteiger partial charge is 0.289 e. The summed E-state index contributed by atoms with van der Waals surface area (Å²) in [7, 11) is 0. The number of hydrogen-bond acceptors (Lipinski definition) is 3. The van der Waals surface area contributed by atoms with E-state index in [4.69, 9.17) is 0 Å². The van der Waals surface area contributed by atoms with Crippen LogP contribution in [0.4, 0.5) is 0 Å². The van der Waals surface area contributed by atoms with Crippen molar-refractivity contribution in [1.82, 2.24) is 24.6 Å². The van der Waals surface area contributed by atoms with E-state index in [9.17, 15) is 0 Å². The highest BCUT2D eigenvalue weighted by molar-refractivity contribution is 5.86. The van der Waals surface area contributed by atoms with Crippen LogP contribution in [-0.4, -0.2) is 24.6 Å². The average Bonchev–Trinajstić information content (AvgIpc) is 2.71. The zero-order valence-corrected chi connectivity index (χ0v) is 6.10. The summed E-state index contributed by atoms with van der Waals surface area (Å²) in [5, 5.41) is 6.74. The topological polar surface area (TPSA) is 58.9 Å². The quantitative estimate of drug-likeness (QED) is 0.522. The standard InChI is InChI=1S/C7H5N5/c1-2-12-4-9-5-3-10-11-6(5)7(12)8-1/h1-4H,(H,10,11). The molecule has 5 nitrogen and oxygen atoms in total. The average molecular weight is 159 g/mol. The van der Waals surface area contributed by atoms with Crippen LogP contribution in [0.15, 0.2) is 24.9 Å². The van der Waals surface area contributed by atoms with E-state index in [0.717, 1.165) is 16.7 Å². The van der Waals surface area contributed by atoms with Crippen molar-refractivity contribution in [1.29, 1.82) is 0 Å². The molecule has 3 aromatic rings. The molecule has 0 fully saturated rings. The van der Waals surface area contributed by atoms with Crippen LogP contribution >= 0.6 is 0 Å². The summed E-state index contributed by atoms with van der Waals surface area (Å²) in [6, 6.07) is 0. The number of fused-ring (bicyclic) bond motifs is 3. The molecule has 5 heteroatoms. The van der Waals surface area contributed by atoms with Gasteiger partial charge in [-0.2, -0.15) is 5.10 Å². The number of rotatable bonds is 0. The molecule has 3 heterocycles. The number of H-pyrrole nitrogens is 1. The molecule has 58 valence electrons. The lowest BCUT2D eigenvalue weighted by atomic mass is 10.4. The number of nitrogens with one attached hydrogen (secondary N) is 1. The van der Waals surface area contributed by atoms with Crippen molar-refractivity contribution >= 4 is 16.7 Å². The third kappa shape index (κ3) is 0.554. The lowest BCUT2D eigenvalue weighted by molar-refractivity contribution is 1.10. The van der Waals surface area contributed by atoms with E-state index in [1.807, 2.05) is 10.6 Å². The number of hydrogen-bond donors (Lipinski definition) is 1. The minimum atomic E-state index is 0.841. The first-order chi connectivity index (χ1) is 5.95. The van der Waals surface area contributed by atoms with Crippen molar-refractivity contribution in [3.63, 3.8) is 0 Å². The molecule has 0 atom stereocenters. The Morgan fingerprint density at radius 3 is 3.33 bits per heavy atom. The van der Waals surface area contributed by atoms with Gasteiger partial charge >= 0.3 is 0 Å². The van der Waals surface area contributed by atoms with E-state index >= 15 is 0 Å². The Hall–Kier alpha value is -1.91. The van der Waals surface area contributed by atoms with Gasteiger partial charge in [0.25, 0.3) is 0 Å². The maximum atomic E-state index is 4.17. The van der Waals surface area contributed by atoms with E-state index in [1.165, 1.54) is 0 Å². The maximum Gasteiger partial charge on any atom is 0.165 e. The summed E-state index contributed by atoms with van der Waals surface area (Å²) in [6.07, 6.45) is 6.99. The molecule has 0 radical (unpaired) electrons. The van der Waals surface area contributed by atoms with E-state index in [-0.39, 0.29) is 0 Å². The van der Waals surface area contributed by atoms with Crippen molar-refractivity contribution in [2.45, 2.75) is 0 Å². The summed E-state index contributed by atoms with van der Waals surface area (Å²) in [5.74, 6) is 0. The number of aromatic nitrogens is 5. The molecule has 3 aromatic heterocycles. The third-order valence-electron chi connectivity index (χ3n) is 1.83. The van der Waals surface area contributed by atoms with Crippen molar-refractivity contribution in [2.75, 3.05) is 0 Å². The Kier molecular flexibility index (Phi) is 0.864. The molecule has 0 amide bonds. The van der Waals surface area contributed by atoms with Crippen LogP contribution in [0.1, 0.15) is 0 Å². The normalized spacial score (nSPS) is 11.3. The molecule has 0 aliphatic rings. The Balaban J connectivity index is 2.71.